The first kappa shape index (κ1) is 13.7. The predicted octanol–water partition coefficient (Wildman–Crippen LogP) is 3.36. The summed E-state index contributed by atoms with van der Waals surface area (Å²) in [7, 11) is 0. The highest BCUT2D eigenvalue weighted by atomic mass is 32.1. The molecule has 5 heteroatoms. The van der Waals surface area contributed by atoms with Gasteiger partial charge in [-0.2, -0.15) is 11.3 Å². The molecule has 3 heterocycles. The van der Waals surface area contributed by atoms with E-state index in [-0.39, 0.29) is 0 Å². The molecule has 0 aliphatic carbocycles. The van der Waals surface area contributed by atoms with Crippen LogP contribution in [-0.4, -0.2) is 16.6 Å². The van der Waals surface area contributed by atoms with Crippen molar-refractivity contribution in [3.63, 3.8) is 0 Å². The van der Waals surface area contributed by atoms with E-state index in [2.05, 4.69) is 21.7 Å². The van der Waals surface area contributed by atoms with Crippen molar-refractivity contribution in [2.75, 3.05) is 6.54 Å². The lowest BCUT2D eigenvalue weighted by Crippen LogP contribution is -2.34. The number of hydrogen-bond donors (Lipinski definition) is 2. The number of hydrogen-bond acceptors (Lipinski definition) is 5. The molecule has 0 fully saturated rings. The molecular weight excluding hydrogens is 288 g/mol. The van der Waals surface area contributed by atoms with Gasteiger partial charge in [0.05, 0.1) is 15.8 Å². The number of fused-ring (bicyclic) bond motifs is 1. The highest BCUT2D eigenvalue weighted by Gasteiger charge is 2.22. The highest BCUT2D eigenvalue weighted by Crippen LogP contribution is 2.22. The van der Waals surface area contributed by atoms with Crippen LogP contribution in [0.5, 0.6) is 0 Å². The third-order valence-corrected chi connectivity index (χ3v) is 4.84. The summed E-state index contributed by atoms with van der Waals surface area (Å²) in [5.41, 5.74) is 2.31. The van der Waals surface area contributed by atoms with Crippen molar-refractivity contribution < 1.29 is 5.11 Å². The van der Waals surface area contributed by atoms with Gasteiger partial charge in [0.15, 0.2) is 0 Å². The Morgan fingerprint density at radius 2 is 2.25 bits per heavy atom. The van der Waals surface area contributed by atoms with Gasteiger partial charge in [0.1, 0.15) is 0 Å². The SMILES string of the molecule is CC(O)(CNCc1cnc2ccsc2c1)c1ccsc1. The lowest BCUT2D eigenvalue weighted by molar-refractivity contribution is 0.0571. The van der Waals surface area contributed by atoms with Crippen molar-refractivity contribution in [2.24, 2.45) is 0 Å². The van der Waals surface area contributed by atoms with Crippen molar-refractivity contribution >= 4 is 32.9 Å². The number of nitrogens with one attached hydrogen (secondary N) is 1. The molecule has 3 aromatic rings. The number of thiophene rings is 2. The van der Waals surface area contributed by atoms with Crippen LogP contribution < -0.4 is 5.32 Å². The number of aliphatic hydroxyl groups is 1. The Bertz CT molecular complexity index is 689. The standard InChI is InChI=1S/C15H16N2OS2/c1-15(18,12-2-4-19-9-12)10-16-7-11-6-14-13(17-8-11)3-5-20-14/h2-6,8-9,16,18H,7,10H2,1H3. The van der Waals surface area contributed by atoms with Gasteiger partial charge >= 0.3 is 0 Å². The van der Waals surface area contributed by atoms with Gasteiger partial charge in [-0.25, -0.2) is 0 Å². The first-order chi connectivity index (χ1) is 9.65. The average Bonchev–Trinajstić information content (AvgIpc) is 3.09. The van der Waals surface area contributed by atoms with Gasteiger partial charge < -0.3 is 10.4 Å². The number of pyridine rings is 1. The fraction of sp³-hybridized carbons (Fsp3) is 0.267. The molecule has 1 unspecified atom stereocenters. The van der Waals surface area contributed by atoms with Crippen LogP contribution in [-0.2, 0) is 12.1 Å². The number of nitrogens with zero attached hydrogens (tertiary/aromatic N) is 1. The Labute approximate surface area is 125 Å². The number of aromatic nitrogens is 1. The van der Waals surface area contributed by atoms with E-state index in [0.29, 0.717) is 13.1 Å². The summed E-state index contributed by atoms with van der Waals surface area (Å²) in [5, 5.41) is 19.8. The van der Waals surface area contributed by atoms with Gasteiger partial charge in [-0.15, -0.1) is 11.3 Å². The molecule has 0 aliphatic heterocycles. The van der Waals surface area contributed by atoms with Crippen LogP contribution in [0.1, 0.15) is 18.1 Å². The minimum Gasteiger partial charge on any atom is -0.384 e. The third kappa shape index (κ3) is 2.91. The second-order valence-corrected chi connectivity index (χ2v) is 6.76. The van der Waals surface area contributed by atoms with E-state index in [1.807, 2.05) is 36.0 Å². The van der Waals surface area contributed by atoms with Gasteiger partial charge in [0, 0.05) is 19.3 Å². The first-order valence-corrected chi connectivity index (χ1v) is 8.25. The molecule has 0 aromatic carbocycles. The van der Waals surface area contributed by atoms with Crippen LogP contribution in [0, 0.1) is 0 Å². The molecule has 3 aromatic heterocycles. The Balaban J connectivity index is 1.62. The summed E-state index contributed by atoms with van der Waals surface area (Å²) in [6.07, 6.45) is 1.89. The first-order valence-electron chi connectivity index (χ1n) is 6.43. The zero-order valence-corrected chi connectivity index (χ0v) is 12.8. The Kier molecular flexibility index (Phi) is 3.85. The van der Waals surface area contributed by atoms with Crippen molar-refractivity contribution in [3.05, 3.63) is 51.7 Å². The minimum absolute atomic E-state index is 0.520. The molecule has 0 aliphatic rings. The van der Waals surface area contributed by atoms with E-state index >= 15 is 0 Å². The van der Waals surface area contributed by atoms with E-state index in [1.54, 1.807) is 22.7 Å². The highest BCUT2D eigenvalue weighted by molar-refractivity contribution is 7.17. The molecule has 0 saturated heterocycles. The fourth-order valence-electron chi connectivity index (χ4n) is 2.11. The molecule has 0 amide bonds. The largest absolute Gasteiger partial charge is 0.384 e. The van der Waals surface area contributed by atoms with Gasteiger partial charge in [-0.3, -0.25) is 4.98 Å². The molecule has 0 bridgehead atoms. The average molecular weight is 304 g/mol. The van der Waals surface area contributed by atoms with Crippen molar-refractivity contribution in [2.45, 2.75) is 19.1 Å². The van der Waals surface area contributed by atoms with Gasteiger partial charge in [0.25, 0.3) is 0 Å². The van der Waals surface area contributed by atoms with Gasteiger partial charge in [-0.1, -0.05) is 0 Å². The summed E-state index contributed by atoms with van der Waals surface area (Å²) in [4.78, 5) is 4.42. The predicted molar refractivity (Wildman–Crippen MR) is 85.2 cm³/mol. The Morgan fingerprint density at radius 1 is 1.35 bits per heavy atom. The lowest BCUT2D eigenvalue weighted by atomic mass is 9.99. The molecule has 20 heavy (non-hydrogen) atoms. The second-order valence-electron chi connectivity index (χ2n) is 5.04. The third-order valence-electron chi connectivity index (χ3n) is 3.30. The Morgan fingerprint density at radius 3 is 3.05 bits per heavy atom. The molecule has 0 spiro atoms. The van der Waals surface area contributed by atoms with E-state index in [0.717, 1.165) is 16.6 Å². The molecule has 2 N–H and O–H groups in total. The normalized spacial score (nSPS) is 14.5. The summed E-state index contributed by atoms with van der Waals surface area (Å²) >= 11 is 3.30. The van der Waals surface area contributed by atoms with Crippen molar-refractivity contribution in [1.29, 1.82) is 0 Å². The van der Waals surface area contributed by atoms with Gasteiger partial charge in [0.2, 0.25) is 0 Å². The summed E-state index contributed by atoms with van der Waals surface area (Å²) < 4.78 is 1.20. The fourth-order valence-corrected chi connectivity index (χ4v) is 3.69. The van der Waals surface area contributed by atoms with E-state index in [9.17, 15) is 5.11 Å². The molecular formula is C15H16N2OS2. The van der Waals surface area contributed by atoms with Crippen molar-refractivity contribution in [1.82, 2.24) is 10.3 Å². The minimum atomic E-state index is -0.833. The van der Waals surface area contributed by atoms with Gasteiger partial charge in [-0.05, 0) is 52.4 Å². The van der Waals surface area contributed by atoms with Crippen LogP contribution in [0.3, 0.4) is 0 Å². The summed E-state index contributed by atoms with van der Waals surface area (Å²) in [5.74, 6) is 0. The molecule has 104 valence electrons. The topological polar surface area (TPSA) is 45.1 Å². The van der Waals surface area contributed by atoms with E-state index in [4.69, 9.17) is 0 Å². The maximum atomic E-state index is 10.4. The molecule has 0 saturated carbocycles. The summed E-state index contributed by atoms with van der Waals surface area (Å²) in [6, 6.07) is 6.14. The smallest absolute Gasteiger partial charge is 0.1000 e. The lowest BCUT2D eigenvalue weighted by Gasteiger charge is -2.22. The zero-order valence-electron chi connectivity index (χ0n) is 11.2. The summed E-state index contributed by atoms with van der Waals surface area (Å²) in [6.45, 7) is 3.07. The quantitative estimate of drug-likeness (QED) is 0.760. The van der Waals surface area contributed by atoms with E-state index in [1.165, 1.54) is 4.70 Å². The van der Waals surface area contributed by atoms with Crippen molar-refractivity contribution in [3.8, 4) is 0 Å². The number of rotatable bonds is 5. The second kappa shape index (κ2) is 5.61. The molecule has 3 nitrogen and oxygen atoms in total. The van der Waals surface area contributed by atoms with Crippen LogP contribution in [0.15, 0.2) is 40.5 Å². The van der Waals surface area contributed by atoms with Crippen LogP contribution in [0.2, 0.25) is 0 Å². The van der Waals surface area contributed by atoms with Crippen LogP contribution in [0.4, 0.5) is 0 Å². The molecule has 3 rings (SSSR count). The monoisotopic (exact) mass is 304 g/mol. The maximum absolute atomic E-state index is 10.4. The van der Waals surface area contributed by atoms with E-state index < -0.39 is 5.60 Å². The van der Waals surface area contributed by atoms with Crippen LogP contribution in [0.25, 0.3) is 10.2 Å². The maximum Gasteiger partial charge on any atom is 0.1000 e. The Hall–Kier alpha value is -1.27. The zero-order chi connectivity index (χ0) is 14.0. The molecule has 0 radical (unpaired) electrons. The molecule has 1 atom stereocenters. The van der Waals surface area contributed by atoms with Crippen LogP contribution >= 0.6 is 22.7 Å².